The molecule has 4 nitrogen and oxygen atoms in total. The predicted molar refractivity (Wildman–Crippen MR) is 111 cm³/mol. The molecule has 0 atom stereocenters. The minimum Gasteiger partial charge on any atom is -0.406 e. The molecule has 0 aliphatic carbocycles. The average molecular weight is 377 g/mol. The molecule has 0 unspecified atom stereocenters. The number of rotatable bonds is 4. The first-order chi connectivity index (χ1) is 11.5. The van der Waals surface area contributed by atoms with Gasteiger partial charge in [-0.15, -0.1) is 0 Å². The summed E-state index contributed by atoms with van der Waals surface area (Å²) in [5.41, 5.74) is 0.723. The third kappa shape index (κ3) is 4.08. The van der Waals surface area contributed by atoms with Crippen LogP contribution in [0.15, 0.2) is 18.3 Å². The van der Waals surface area contributed by atoms with Crippen LogP contribution in [0.4, 0.5) is 0 Å². The zero-order valence-electron chi connectivity index (χ0n) is 18.5. The summed E-state index contributed by atoms with van der Waals surface area (Å²) in [5.74, 6) is 0. The van der Waals surface area contributed by atoms with Gasteiger partial charge in [0.2, 0.25) is 0 Å². The zero-order chi connectivity index (χ0) is 20.2. The van der Waals surface area contributed by atoms with Crippen LogP contribution in [0.1, 0.15) is 68.0 Å². The Labute approximate surface area is 161 Å². The average Bonchev–Trinajstić information content (AvgIpc) is 2.65. The van der Waals surface area contributed by atoms with E-state index >= 15 is 0 Å². The molecular weight excluding hydrogens is 341 g/mol. The molecule has 1 saturated heterocycles. The summed E-state index contributed by atoms with van der Waals surface area (Å²) in [6, 6.07) is 4.03. The fourth-order valence-corrected chi connectivity index (χ4v) is 4.43. The maximum Gasteiger partial charge on any atom is 0.494 e. The van der Waals surface area contributed by atoms with E-state index in [1.807, 2.05) is 12.3 Å². The third-order valence-electron chi connectivity index (χ3n) is 6.24. The summed E-state index contributed by atoms with van der Waals surface area (Å²) in [4.78, 5) is 4.61. The van der Waals surface area contributed by atoms with Crippen molar-refractivity contribution < 1.29 is 13.7 Å². The van der Waals surface area contributed by atoms with Gasteiger partial charge in [0.05, 0.1) is 22.5 Å². The summed E-state index contributed by atoms with van der Waals surface area (Å²) in [7, 11) is -2.30. The lowest BCUT2D eigenvalue weighted by molar-refractivity contribution is 0.00578. The van der Waals surface area contributed by atoms with Gasteiger partial charge in [0.15, 0.2) is 8.32 Å². The molecule has 0 spiro atoms. The Morgan fingerprint density at radius 3 is 1.96 bits per heavy atom. The van der Waals surface area contributed by atoms with Crippen molar-refractivity contribution in [2.75, 3.05) is 0 Å². The van der Waals surface area contributed by atoms with Gasteiger partial charge in [-0.3, -0.25) is 4.98 Å². The molecule has 1 aliphatic heterocycles. The SMILES string of the molecule is CC(C)(O[Si](C)(C)C(C)(C)C)c1cc(B2OC(C)(C)C(C)(C)O2)ccn1. The van der Waals surface area contributed by atoms with E-state index < -0.39 is 13.9 Å². The molecule has 0 saturated carbocycles. The van der Waals surface area contributed by atoms with E-state index in [1.54, 1.807) is 0 Å². The Morgan fingerprint density at radius 1 is 1.00 bits per heavy atom. The lowest BCUT2D eigenvalue weighted by atomic mass is 9.78. The van der Waals surface area contributed by atoms with Gasteiger partial charge in [0.25, 0.3) is 0 Å². The molecule has 1 fully saturated rings. The van der Waals surface area contributed by atoms with Gasteiger partial charge in [-0.25, -0.2) is 0 Å². The molecule has 0 bridgehead atoms. The van der Waals surface area contributed by atoms with Crippen LogP contribution in [0.5, 0.6) is 0 Å². The van der Waals surface area contributed by atoms with E-state index in [0.717, 1.165) is 11.2 Å². The quantitative estimate of drug-likeness (QED) is 0.717. The zero-order valence-corrected chi connectivity index (χ0v) is 19.5. The van der Waals surface area contributed by atoms with E-state index in [0.29, 0.717) is 0 Å². The fraction of sp³-hybridized carbons (Fsp3) is 0.750. The van der Waals surface area contributed by atoms with Gasteiger partial charge in [0, 0.05) is 6.20 Å². The first-order valence-electron chi connectivity index (χ1n) is 9.51. The lowest BCUT2D eigenvalue weighted by Crippen LogP contribution is -2.47. The van der Waals surface area contributed by atoms with Crippen LogP contribution in [0.3, 0.4) is 0 Å². The van der Waals surface area contributed by atoms with E-state index in [-0.39, 0.29) is 23.4 Å². The Kier molecular flexibility index (Phi) is 5.35. The minimum absolute atomic E-state index is 0.146. The van der Waals surface area contributed by atoms with E-state index in [4.69, 9.17) is 13.7 Å². The molecule has 0 N–H and O–H groups in total. The van der Waals surface area contributed by atoms with Crippen LogP contribution in [-0.2, 0) is 19.3 Å². The summed E-state index contributed by atoms with van der Waals surface area (Å²) >= 11 is 0. The van der Waals surface area contributed by atoms with Gasteiger partial charge in [0.1, 0.15) is 0 Å². The highest BCUT2D eigenvalue weighted by molar-refractivity contribution is 6.74. The Hall–Kier alpha value is -0.688. The molecule has 2 rings (SSSR count). The molecule has 0 aromatic carbocycles. The summed E-state index contributed by atoms with van der Waals surface area (Å²) in [6.45, 7) is 23.8. The third-order valence-corrected chi connectivity index (χ3v) is 10.9. The topological polar surface area (TPSA) is 40.6 Å². The highest BCUT2D eigenvalue weighted by Gasteiger charge is 2.52. The standard InChI is InChI=1S/C20H36BNO3Si/c1-17(2,3)26(10,11)25-18(4,5)16-14-15(12-13-22-16)21-23-19(6,7)20(8,9)24-21/h12-14H,1-11H3. The number of nitrogens with zero attached hydrogens (tertiary/aromatic N) is 1. The number of pyridine rings is 1. The maximum atomic E-state index is 6.67. The van der Waals surface area contributed by atoms with E-state index in [9.17, 15) is 0 Å². The molecule has 1 aromatic heterocycles. The largest absolute Gasteiger partial charge is 0.494 e. The molecule has 2 heterocycles. The van der Waals surface area contributed by atoms with Crippen LogP contribution in [-0.4, -0.2) is 31.6 Å². The van der Waals surface area contributed by atoms with E-state index in [1.165, 1.54) is 0 Å². The predicted octanol–water partition coefficient (Wildman–Crippen LogP) is 4.64. The van der Waals surface area contributed by atoms with Crippen LogP contribution >= 0.6 is 0 Å². The van der Waals surface area contributed by atoms with Gasteiger partial charge in [-0.05, 0) is 77.3 Å². The molecule has 0 amide bonds. The molecule has 146 valence electrons. The molecule has 1 aliphatic rings. The van der Waals surface area contributed by atoms with Crippen molar-refractivity contribution in [3.8, 4) is 0 Å². The number of hydrogen-bond donors (Lipinski definition) is 0. The first kappa shape index (κ1) is 21.6. The second kappa shape index (κ2) is 6.43. The Bertz CT molecular complexity index is 649. The van der Waals surface area contributed by atoms with Crippen LogP contribution in [0, 0.1) is 0 Å². The highest BCUT2D eigenvalue weighted by atomic mass is 28.4. The summed E-state index contributed by atoms with van der Waals surface area (Å²) in [6.07, 6.45) is 1.83. The van der Waals surface area contributed by atoms with Gasteiger partial charge < -0.3 is 13.7 Å². The van der Waals surface area contributed by atoms with Gasteiger partial charge in [-0.2, -0.15) is 0 Å². The monoisotopic (exact) mass is 377 g/mol. The van der Waals surface area contributed by atoms with Crippen molar-refractivity contribution in [3.05, 3.63) is 24.0 Å². The number of aromatic nitrogens is 1. The number of hydrogen-bond acceptors (Lipinski definition) is 4. The van der Waals surface area contributed by atoms with E-state index in [2.05, 4.69) is 86.5 Å². The smallest absolute Gasteiger partial charge is 0.406 e. The van der Waals surface area contributed by atoms with Crippen LogP contribution in [0.25, 0.3) is 0 Å². The lowest BCUT2D eigenvalue weighted by Gasteiger charge is -2.42. The van der Waals surface area contributed by atoms with Crippen molar-refractivity contribution in [3.63, 3.8) is 0 Å². The van der Waals surface area contributed by atoms with Crippen molar-refractivity contribution >= 4 is 20.9 Å². The second-order valence-corrected chi connectivity index (χ2v) is 15.2. The second-order valence-electron chi connectivity index (χ2n) is 10.4. The highest BCUT2D eigenvalue weighted by Crippen LogP contribution is 2.41. The molecule has 26 heavy (non-hydrogen) atoms. The molecule has 0 radical (unpaired) electrons. The Balaban J connectivity index is 2.29. The Morgan fingerprint density at radius 2 is 1.50 bits per heavy atom. The first-order valence-corrected chi connectivity index (χ1v) is 12.4. The molecule has 6 heteroatoms. The van der Waals surface area contributed by atoms with Gasteiger partial charge in [-0.1, -0.05) is 20.8 Å². The van der Waals surface area contributed by atoms with Crippen LogP contribution in [0.2, 0.25) is 18.1 Å². The fourth-order valence-electron chi connectivity index (χ4n) is 2.75. The molecule has 1 aromatic rings. The van der Waals surface area contributed by atoms with Crippen molar-refractivity contribution in [1.29, 1.82) is 0 Å². The van der Waals surface area contributed by atoms with Crippen molar-refractivity contribution in [2.45, 2.75) is 97.2 Å². The van der Waals surface area contributed by atoms with Gasteiger partial charge >= 0.3 is 7.12 Å². The summed E-state index contributed by atoms with van der Waals surface area (Å²) < 4.78 is 19.1. The van der Waals surface area contributed by atoms with Crippen molar-refractivity contribution in [2.24, 2.45) is 0 Å². The van der Waals surface area contributed by atoms with Crippen molar-refractivity contribution in [1.82, 2.24) is 4.98 Å². The normalized spacial score (nSPS) is 20.5. The van der Waals surface area contributed by atoms with Crippen LogP contribution < -0.4 is 5.46 Å². The summed E-state index contributed by atoms with van der Waals surface area (Å²) in [5, 5.41) is 0.146. The maximum absolute atomic E-state index is 6.67. The molecular formula is C20H36BNO3Si. The minimum atomic E-state index is -1.92.